The highest BCUT2D eigenvalue weighted by atomic mass is 16.1. The second-order valence-corrected chi connectivity index (χ2v) is 6.14. The average molecular weight is 314 g/mol. The summed E-state index contributed by atoms with van der Waals surface area (Å²) >= 11 is 0. The predicted octanol–water partition coefficient (Wildman–Crippen LogP) is 0.993. The van der Waals surface area contributed by atoms with Crippen LogP contribution in [0.2, 0.25) is 0 Å². The number of anilines is 3. The fourth-order valence-corrected chi connectivity index (χ4v) is 2.96. The smallest absolute Gasteiger partial charge is 0.217 e. The second kappa shape index (κ2) is 5.91. The van der Waals surface area contributed by atoms with Crippen LogP contribution in [0.15, 0.2) is 18.2 Å². The fraction of sp³-hybridized carbons (Fsp3) is 0.438. The molecule has 7 heteroatoms. The third-order valence-electron chi connectivity index (χ3n) is 4.01. The predicted molar refractivity (Wildman–Crippen MR) is 92.7 cm³/mol. The molecule has 0 spiro atoms. The van der Waals surface area contributed by atoms with E-state index < -0.39 is 0 Å². The zero-order valence-electron chi connectivity index (χ0n) is 13.7. The maximum absolute atomic E-state index is 11.2. The van der Waals surface area contributed by atoms with Crippen molar-refractivity contribution < 1.29 is 4.79 Å². The lowest BCUT2D eigenvalue weighted by molar-refractivity contribution is -0.119. The Bertz CT molecular complexity index is 745. The molecule has 2 aromatic heterocycles. The number of amides is 1. The molecule has 1 amide bonds. The van der Waals surface area contributed by atoms with E-state index in [1.54, 1.807) is 6.92 Å². The van der Waals surface area contributed by atoms with E-state index in [2.05, 4.69) is 20.2 Å². The molecule has 2 aromatic rings. The summed E-state index contributed by atoms with van der Waals surface area (Å²) in [6.45, 7) is 3.20. The summed E-state index contributed by atoms with van der Waals surface area (Å²) in [5, 5.41) is 2.96. The minimum absolute atomic E-state index is 0.0107. The molecule has 3 rings (SSSR count). The standard InChI is InChI=1S/C16H22N6O/c1-10(23)18-11-6-7-22(9-11)15-5-4-13-14(19-15)8-12(17)16(20-13)21(2)3/h4-5,8,11H,6-7,9,17H2,1-3H3,(H,18,23). The fourth-order valence-electron chi connectivity index (χ4n) is 2.96. The summed E-state index contributed by atoms with van der Waals surface area (Å²) in [5.41, 5.74) is 8.29. The van der Waals surface area contributed by atoms with Gasteiger partial charge in [-0.25, -0.2) is 9.97 Å². The molecular formula is C16H22N6O. The van der Waals surface area contributed by atoms with Crippen molar-refractivity contribution in [3.63, 3.8) is 0 Å². The van der Waals surface area contributed by atoms with Crippen LogP contribution < -0.4 is 20.9 Å². The molecule has 1 aliphatic rings. The largest absolute Gasteiger partial charge is 0.396 e. The highest BCUT2D eigenvalue weighted by Crippen LogP contribution is 2.26. The molecule has 0 aliphatic carbocycles. The number of pyridine rings is 2. The molecular weight excluding hydrogens is 292 g/mol. The Morgan fingerprint density at radius 1 is 1.35 bits per heavy atom. The minimum atomic E-state index is 0.0107. The van der Waals surface area contributed by atoms with Crippen LogP contribution >= 0.6 is 0 Å². The summed E-state index contributed by atoms with van der Waals surface area (Å²) in [5.74, 6) is 1.65. The van der Waals surface area contributed by atoms with Gasteiger partial charge in [-0.3, -0.25) is 4.79 Å². The molecule has 1 atom stereocenters. The van der Waals surface area contributed by atoms with Gasteiger partial charge in [0.05, 0.1) is 16.7 Å². The summed E-state index contributed by atoms with van der Waals surface area (Å²) < 4.78 is 0. The molecule has 7 nitrogen and oxygen atoms in total. The Morgan fingerprint density at radius 2 is 2.13 bits per heavy atom. The Kier molecular flexibility index (Phi) is 3.94. The molecule has 0 bridgehead atoms. The van der Waals surface area contributed by atoms with Crippen molar-refractivity contribution in [2.75, 3.05) is 42.7 Å². The van der Waals surface area contributed by atoms with Gasteiger partial charge in [-0.1, -0.05) is 0 Å². The van der Waals surface area contributed by atoms with Crippen molar-refractivity contribution in [3.05, 3.63) is 18.2 Å². The number of nitrogens with zero attached hydrogens (tertiary/aromatic N) is 4. The van der Waals surface area contributed by atoms with E-state index in [9.17, 15) is 4.79 Å². The Hall–Kier alpha value is -2.57. The van der Waals surface area contributed by atoms with E-state index in [1.165, 1.54) is 0 Å². The Morgan fingerprint density at radius 3 is 2.83 bits per heavy atom. The van der Waals surface area contributed by atoms with Gasteiger partial charge >= 0.3 is 0 Å². The van der Waals surface area contributed by atoms with E-state index in [4.69, 9.17) is 5.73 Å². The maximum Gasteiger partial charge on any atom is 0.217 e. The number of hydrogen-bond acceptors (Lipinski definition) is 6. The van der Waals surface area contributed by atoms with Gasteiger partial charge in [0.2, 0.25) is 5.91 Å². The topological polar surface area (TPSA) is 87.4 Å². The van der Waals surface area contributed by atoms with E-state index >= 15 is 0 Å². The van der Waals surface area contributed by atoms with Gasteiger partial charge in [0, 0.05) is 40.2 Å². The average Bonchev–Trinajstić information content (AvgIpc) is 2.93. The molecule has 0 aromatic carbocycles. The van der Waals surface area contributed by atoms with Crippen LogP contribution in [0.5, 0.6) is 0 Å². The number of nitrogens with one attached hydrogen (secondary N) is 1. The third-order valence-corrected chi connectivity index (χ3v) is 4.01. The van der Waals surface area contributed by atoms with Crippen molar-refractivity contribution in [2.24, 2.45) is 0 Å². The number of nitrogens with two attached hydrogens (primary N) is 1. The van der Waals surface area contributed by atoms with E-state index in [1.807, 2.05) is 37.2 Å². The molecule has 3 heterocycles. The van der Waals surface area contributed by atoms with E-state index in [-0.39, 0.29) is 11.9 Å². The molecule has 1 unspecified atom stereocenters. The molecule has 0 radical (unpaired) electrons. The quantitative estimate of drug-likeness (QED) is 0.878. The van der Waals surface area contributed by atoms with Crippen molar-refractivity contribution in [1.29, 1.82) is 0 Å². The van der Waals surface area contributed by atoms with Crippen LogP contribution in [0, 0.1) is 0 Å². The number of fused-ring (bicyclic) bond motifs is 1. The first kappa shape index (κ1) is 15.3. The first-order chi connectivity index (χ1) is 10.9. The van der Waals surface area contributed by atoms with Gasteiger partial charge in [-0.05, 0) is 24.6 Å². The lowest BCUT2D eigenvalue weighted by Gasteiger charge is -2.19. The van der Waals surface area contributed by atoms with Crippen molar-refractivity contribution in [2.45, 2.75) is 19.4 Å². The Labute approximate surface area is 135 Å². The van der Waals surface area contributed by atoms with Gasteiger partial charge in [-0.2, -0.15) is 0 Å². The summed E-state index contributed by atoms with van der Waals surface area (Å²) in [6, 6.07) is 5.99. The normalized spacial score (nSPS) is 17.5. The van der Waals surface area contributed by atoms with Crippen molar-refractivity contribution in [1.82, 2.24) is 15.3 Å². The van der Waals surface area contributed by atoms with Crippen LogP contribution in [0.4, 0.5) is 17.3 Å². The SMILES string of the molecule is CC(=O)NC1CCN(c2ccc3nc(N(C)C)c(N)cc3n2)C1. The number of carbonyl (C=O) groups is 1. The molecule has 1 saturated heterocycles. The van der Waals surface area contributed by atoms with Crippen LogP contribution in [0.25, 0.3) is 11.0 Å². The lowest BCUT2D eigenvalue weighted by atomic mass is 10.2. The van der Waals surface area contributed by atoms with Gasteiger partial charge in [0.1, 0.15) is 5.82 Å². The van der Waals surface area contributed by atoms with Crippen molar-refractivity contribution >= 4 is 34.3 Å². The van der Waals surface area contributed by atoms with Gasteiger partial charge in [0.15, 0.2) is 5.82 Å². The highest BCUT2D eigenvalue weighted by Gasteiger charge is 2.24. The lowest BCUT2D eigenvalue weighted by Crippen LogP contribution is -2.35. The maximum atomic E-state index is 11.2. The van der Waals surface area contributed by atoms with Crippen LogP contribution in [-0.4, -0.2) is 49.1 Å². The van der Waals surface area contributed by atoms with E-state index in [0.717, 1.165) is 42.2 Å². The van der Waals surface area contributed by atoms with Crippen molar-refractivity contribution in [3.8, 4) is 0 Å². The first-order valence-corrected chi connectivity index (χ1v) is 7.70. The van der Waals surface area contributed by atoms with E-state index in [0.29, 0.717) is 5.69 Å². The molecule has 3 N–H and O–H groups in total. The highest BCUT2D eigenvalue weighted by molar-refractivity contribution is 5.84. The molecule has 1 aliphatic heterocycles. The summed E-state index contributed by atoms with van der Waals surface area (Å²) in [7, 11) is 3.83. The van der Waals surface area contributed by atoms with Crippen LogP contribution in [-0.2, 0) is 4.79 Å². The summed E-state index contributed by atoms with van der Waals surface area (Å²) in [4.78, 5) is 24.5. The second-order valence-electron chi connectivity index (χ2n) is 6.14. The number of hydrogen-bond donors (Lipinski definition) is 2. The van der Waals surface area contributed by atoms with Crippen LogP contribution in [0.1, 0.15) is 13.3 Å². The first-order valence-electron chi connectivity index (χ1n) is 7.70. The third kappa shape index (κ3) is 3.13. The molecule has 23 heavy (non-hydrogen) atoms. The zero-order chi connectivity index (χ0) is 16.6. The number of nitrogen functional groups attached to an aromatic ring is 1. The number of carbonyl (C=O) groups excluding carboxylic acids is 1. The molecule has 0 saturated carbocycles. The summed E-state index contributed by atoms with van der Waals surface area (Å²) in [6.07, 6.45) is 0.930. The monoisotopic (exact) mass is 314 g/mol. The number of rotatable bonds is 3. The molecule has 122 valence electrons. The zero-order valence-corrected chi connectivity index (χ0v) is 13.7. The van der Waals surface area contributed by atoms with Gasteiger partial charge in [0.25, 0.3) is 0 Å². The number of aromatic nitrogens is 2. The minimum Gasteiger partial charge on any atom is -0.396 e. The Balaban J connectivity index is 1.86. The van der Waals surface area contributed by atoms with Gasteiger partial charge in [-0.15, -0.1) is 0 Å². The molecule has 1 fully saturated rings. The van der Waals surface area contributed by atoms with Crippen LogP contribution in [0.3, 0.4) is 0 Å². The van der Waals surface area contributed by atoms with Gasteiger partial charge < -0.3 is 20.9 Å².